The number of hydrogen-bond acceptors (Lipinski definition) is 2. The fourth-order valence-electron chi connectivity index (χ4n) is 2.29. The quantitative estimate of drug-likeness (QED) is 0.341. The zero-order valence-corrected chi connectivity index (χ0v) is 13.8. The molecule has 0 fully saturated rings. The summed E-state index contributed by atoms with van der Waals surface area (Å²) in [6.45, 7) is 2.25. The zero-order valence-electron chi connectivity index (χ0n) is 13.0. The average molecular weight is 304 g/mol. The van der Waals surface area contributed by atoms with E-state index in [0.717, 1.165) is 24.7 Å². The molecule has 0 rings (SSSR count). The monoisotopic (exact) mass is 304 g/mol. The normalized spacial score (nSPS) is 12.3. The average Bonchev–Trinajstić information content (AvgIpc) is 2.38. The van der Waals surface area contributed by atoms with Crippen LogP contribution in [0.5, 0.6) is 0 Å². The lowest BCUT2D eigenvalue weighted by molar-refractivity contribution is 0.494. The van der Waals surface area contributed by atoms with Crippen LogP contribution in [0.2, 0.25) is 0 Å². The minimum Gasteiger partial charge on any atom is -0.282 e. The van der Waals surface area contributed by atoms with Crippen LogP contribution in [0.1, 0.15) is 90.4 Å². The Morgan fingerprint density at radius 1 is 0.750 bits per heavy atom. The molecule has 0 aliphatic heterocycles. The van der Waals surface area contributed by atoms with Crippen LogP contribution in [0, 0.1) is 0 Å². The van der Waals surface area contributed by atoms with E-state index in [9.17, 15) is 8.42 Å². The summed E-state index contributed by atoms with van der Waals surface area (Å²) in [6.07, 6.45) is 17.9. The van der Waals surface area contributed by atoms with Crippen LogP contribution in [-0.4, -0.2) is 13.0 Å². The molecular weight excluding hydrogens is 272 g/mol. The van der Waals surface area contributed by atoms with Crippen molar-refractivity contribution in [2.75, 3.05) is 0 Å². The highest BCUT2D eigenvalue weighted by Gasteiger charge is 1.95. The molecule has 0 aliphatic rings. The van der Waals surface area contributed by atoms with Crippen molar-refractivity contribution in [2.45, 2.75) is 90.4 Å². The summed E-state index contributed by atoms with van der Waals surface area (Å²) in [5.74, 6) is 0. The molecule has 3 nitrogen and oxygen atoms in total. The summed E-state index contributed by atoms with van der Waals surface area (Å²) in [5, 5.41) is 0.880. The van der Waals surface area contributed by atoms with Gasteiger partial charge in [-0.25, -0.2) is 0 Å². The third-order valence-corrected chi connectivity index (χ3v) is 4.03. The molecule has 0 saturated heterocycles. The molecule has 0 unspecified atom stereocenters. The Balaban J connectivity index is 3.12. The van der Waals surface area contributed by atoms with Gasteiger partial charge in [0.05, 0.1) is 5.41 Å². The van der Waals surface area contributed by atoms with Crippen molar-refractivity contribution in [3.05, 3.63) is 11.5 Å². The van der Waals surface area contributed by atoms with Crippen LogP contribution < -0.4 is 0 Å². The minimum absolute atomic E-state index is 0.733. The first-order chi connectivity index (χ1) is 9.56. The number of unbranched alkanes of at least 4 members (excludes halogenated alkanes) is 12. The molecule has 0 aromatic rings. The topological polar surface area (TPSA) is 54.4 Å². The third-order valence-electron chi connectivity index (χ3n) is 3.49. The van der Waals surface area contributed by atoms with Gasteiger partial charge in [0.1, 0.15) is 0 Å². The van der Waals surface area contributed by atoms with E-state index >= 15 is 0 Å². The van der Waals surface area contributed by atoms with Crippen LogP contribution >= 0.6 is 0 Å². The fourth-order valence-corrected chi connectivity index (χ4v) is 2.67. The molecule has 0 amide bonds. The summed E-state index contributed by atoms with van der Waals surface area (Å²) in [5.41, 5.74) is 0. The van der Waals surface area contributed by atoms with Crippen LogP contribution in [0.25, 0.3) is 0 Å². The maximum atomic E-state index is 10.4. The summed E-state index contributed by atoms with van der Waals surface area (Å²) < 4.78 is 29.3. The van der Waals surface area contributed by atoms with Gasteiger partial charge in [-0.1, -0.05) is 83.6 Å². The van der Waals surface area contributed by atoms with Gasteiger partial charge < -0.3 is 0 Å². The molecule has 20 heavy (non-hydrogen) atoms. The molecule has 0 radical (unpaired) electrons. The van der Waals surface area contributed by atoms with Gasteiger partial charge in [-0.15, -0.1) is 0 Å². The van der Waals surface area contributed by atoms with E-state index in [0.29, 0.717) is 0 Å². The Kier molecular flexibility index (Phi) is 13.4. The van der Waals surface area contributed by atoms with Gasteiger partial charge in [0.15, 0.2) is 0 Å². The van der Waals surface area contributed by atoms with Gasteiger partial charge in [0.25, 0.3) is 10.1 Å². The van der Waals surface area contributed by atoms with Crippen LogP contribution in [0.15, 0.2) is 11.5 Å². The predicted octanol–water partition coefficient (Wildman–Crippen LogP) is 5.48. The Morgan fingerprint density at radius 3 is 1.55 bits per heavy atom. The summed E-state index contributed by atoms with van der Waals surface area (Å²) in [6, 6.07) is 0. The van der Waals surface area contributed by atoms with Gasteiger partial charge in [0.2, 0.25) is 0 Å². The van der Waals surface area contributed by atoms with E-state index in [2.05, 4.69) is 6.92 Å². The Hall–Kier alpha value is -0.350. The van der Waals surface area contributed by atoms with Gasteiger partial charge in [0, 0.05) is 0 Å². The lowest BCUT2D eigenvalue weighted by Gasteiger charge is -2.02. The van der Waals surface area contributed by atoms with Gasteiger partial charge in [-0.05, 0) is 12.8 Å². The van der Waals surface area contributed by atoms with Crippen molar-refractivity contribution in [3.63, 3.8) is 0 Å². The van der Waals surface area contributed by atoms with E-state index < -0.39 is 10.1 Å². The number of allylic oxidation sites excluding steroid dienone is 1. The Bertz CT molecular complexity index is 321. The summed E-state index contributed by atoms with van der Waals surface area (Å²) in [4.78, 5) is 0. The zero-order chi connectivity index (χ0) is 15.1. The minimum atomic E-state index is -3.92. The summed E-state index contributed by atoms with van der Waals surface area (Å²) in [7, 11) is -3.92. The van der Waals surface area contributed by atoms with E-state index in [1.165, 1.54) is 70.3 Å². The SMILES string of the molecule is CCCCCCCCCCCCCC/C=C/S(=O)(=O)O. The molecule has 120 valence electrons. The molecule has 0 aliphatic carbocycles. The van der Waals surface area contributed by atoms with Gasteiger partial charge in [-0.2, -0.15) is 8.42 Å². The van der Waals surface area contributed by atoms with Gasteiger partial charge in [-0.3, -0.25) is 4.55 Å². The highest BCUT2D eigenvalue weighted by molar-refractivity contribution is 7.88. The highest BCUT2D eigenvalue weighted by atomic mass is 32.2. The largest absolute Gasteiger partial charge is 0.287 e. The van der Waals surface area contributed by atoms with Crippen LogP contribution in [0.3, 0.4) is 0 Å². The molecule has 0 aromatic carbocycles. The standard InChI is InChI=1S/C16H32O3S/c1-2-3-4-5-6-7-8-9-10-11-12-13-14-15-16-20(17,18)19/h15-16H,2-14H2,1H3,(H,17,18,19)/b16-15+. The Labute approximate surface area is 125 Å². The lowest BCUT2D eigenvalue weighted by atomic mass is 10.0. The van der Waals surface area contributed by atoms with E-state index in [4.69, 9.17) is 4.55 Å². The second kappa shape index (κ2) is 13.6. The van der Waals surface area contributed by atoms with Crippen molar-refractivity contribution in [2.24, 2.45) is 0 Å². The van der Waals surface area contributed by atoms with Gasteiger partial charge >= 0.3 is 0 Å². The second-order valence-corrected chi connectivity index (χ2v) is 6.87. The van der Waals surface area contributed by atoms with Crippen LogP contribution in [0.4, 0.5) is 0 Å². The lowest BCUT2D eigenvalue weighted by Crippen LogP contribution is -1.89. The van der Waals surface area contributed by atoms with E-state index in [1.54, 1.807) is 0 Å². The maximum absolute atomic E-state index is 10.4. The van der Waals surface area contributed by atoms with Crippen molar-refractivity contribution in [3.8, 4) is 0 Å². The molecular formula is C16H32O3S. The first kappa shape index (κ1) is 19.7. The first-order valence-electron chi connectivity index (χ1n) is 8.20. The van der Waals surface area contributed by atoms with E-state index in [-0.39, 0.29) is 0 Å². The maximum Gasteiger partial charge on any atom is 0.287 e. The second-order valence-electron chi connectivity index (χ2n) is 5.56. The number of rotatable bonds is 14. The molecule has 4 heteroatoms. The first-order valence-corrected chi connectivity index (χ1v) is 9.70. The molecule has 0 bridgehead atoms. The summed E-state index contributed by atoms with van der Waals surface area (Å²) >= 11 is 0. The Morgan fingerprint density at radius 2 is 1.15 bits per heavy atom. The van der Waals surface area contributed by atoms with Crippen molar-refractivity contribution >= 4 is 10.1 Å². The molecule has 0 heterocycles. The predicted molar refractivity (Wildman–Crippen MR) is 86.4 cm³/mol. The van der Waals surface area contributed by atoms with E-state index in [1.807, 2.05) is 0 Å². The molecule has 0 aromatic heterocycles. The molecule has 0 saturated carbocycles. The number of hydrogen-bond donors (Lipinski definition) is 1. The van der Waals surface area contributed by atoms with Crippen molar-refractivity contribution in [1.29, 1.82) is 0 Å². The smallest absolute Gasteiger partial charge is 0.282 e. The fraction of sp³-hybridized carbons (Fsp3) is 0.875. The van der Waals surface area contributed by atoms with Crippen LogP contribution in [-0.2, 0) is 10.1 Å². The molecule has 0 atom stereocenters. The molecule has 0 spiro atoms. The highest BCUT2D eigenvalue weighted by Crippen LogP contribution is 2.12. The molecule has 1 N–H and O–H groups in total. The van der Waals surface area contributed by atoms with Crippen molar-refractivity contribution in [1.82, 2.24) is 0 Å². The third kappa shape index (κ3) is 17.6. The van der Waals surface area contributed by atoms with Crippen molar-refractivity contribution < 1.29 is 13.0 Å².